The number of pyridine rings is 1. The molecule has 1 saturated heterocycles. The molecule has 0 unspecified atom stereocenters. The summed E-state index contributed by atoms with van der Waals surface area (Å²) in [4.78, 5) is 35.3. The summed E-state index contributed by atoms with van der Waals surface area (Å²) in [7, 11) is 0. The quantitative estimate of drug-likeness (QED) is 0.238. The van der Waals surface area contributed by atoms with Gasteiger partial charge < -0.3 is 15.2 Å². The molecule has 1 aliphatic rings. The zero-order chi connectivity index (χ0) is 21.1. The van der Waals surface area contributed by atoms with Crippen LogP contribution in [0.1, 0.15) is 12.8 Å². The molecule has 0 aliphatic carbocycles. The number of non-ortho nitro benzene ring substituents is 1. The highest BCUT2D eigenvalue weighted by Gasteiger charge is 2.20. The average molecular weight is 429 g/mol. The lowest BCUT2D eigenvalue weighted by atomic mass is 10.3. The van der Waals surface area contributed by atoms with E-state index in [1.54, 1.807) is 12.1 Å². The number of imidazole rings is 1. The first kappa shape index (κ1) is 19.9. The molecule has 0 amide bonds. The summed E-state index contributed by atoms with van der Waals surface area (Å²) in [6, 6.07) is 7.64. The maximum Gasteiger partial charge on any atom is 0.311 e. The van der Waals surface area contributed by atoms with Crippen molar-refractivity contribution in [1.82, 2.24) is 15.0 Å². The Hall–Kier alpha value is -3.41. The minimum Gasteiger partial charge on any atom is -0.363 e. The molecule has 0 atom stereocenters. The van der Waals surface area contributed by atoms with Crippen LogP contribution in [0.3, 0.4) is 0 Å². The molecule has 1 fully saturated rings. The van der Waals surface area contributed by atoms with E-state index in [2.05, 4.69) is 25.2 Å². The van der Waals surface area contributed by atoms with Gasteiger partial charge in [0.2, 0.25) is 5.82 Å². The molecule has 3 aromatic rings. The normalized spacial score (nSPS) is 13.7. The van der Waals surface area contributed by atoms with Crippen LogP contribution in [0.4, 0.5) is 23.0 Å². The lowest BCUT2D eigenvalue weighted by Crippen LogP contribution is -2.20. The molecule has 12 heteroatoms. The number of aromatic amines is 1. The predicted octanol–water partition coefficient (Wildman–Crippen LogP) is 3.58. The number of nitro groups is 2. The van der Waals surface area contributed by atoms with Crippen molar-refractivity contribution in [2.75, 3.05) is 35.6 Å². The summed E-state index contributed by atoms with van der Waals surface area (Å²) in [5, 5.41) is 25.9. The number of hydrogen-bond acceptors (Lipinski definition) is 9. The molecule has 4 rings (SSSR count). The van der Waals surface area contributed by atoms with Gasteiger partial charge in [-0.1, -0.05) is 11.8 Å². The van der Waals surface area contributed by atoms with E-state index >= 15 is 0 Å². The van der Waals surface area contributed by atoms with E-state index in [9.17, 15) is 20.2 Å². The first-order valence-corrected chi connectivity index (χ1v) is 10.4. The topological polar surface area (TPSA) is 143 Å². The number of nitro benzene ring substituents is 1. The SMILES string of the molecule is O=[N+]([O-])c1ccc2nc(SCCNc3nc(N4CCCC4)ccc3[N+](=O)[O-])[nH]c2c1. The second-order valence-corrected chi connectivity index (χ2v) is 7.85. The number of fused-ring (bicyclic) bond motifs is 1. The Labute approximate surface area is 175 Å². The van der Waals surface area contributed by atoms with E-state index in [1.807, 2.05) is 0 Å². The summed E-state index contributed by atoms with van der Waals surface area (Å²) in [6.07, 6.45) is 2.19. The molecule has 0 spiro atoms. The van der Waals surface area contributed by atoms with Crippen LogP contribution in [0.5, 0.6) is 0 Å². The summed E-state index contributed by atoms with van der Waals surface area (Å²) in [5.41, 5.74) is 1.18. The molecule has 3 heterocycles. The van der Waals surface area contributed by atoms with E-state index in [0.717, 1.165) is 31.7 Å². The second-order valence-electron chi connectivity index (χ2n) is 6.76. The van der Waals surface area contributed by atoms with Crippen molar-refractivity contribution in [3.63, 3.8) is 0 Å². The molecule has 30 heavy (non-hydrogen) atoms. The Morgan fingerprint density at radius 1 is 1.10 bits per heavy atom. The number of thioether (sulfide) groups is 1. The van der Waals surface area contributed by atoms with Crippen LogP contribution in [-0.4, -0.2) is 50.2 Å². The summed E-state index contributed by atoms with van der Waals surface area (Å²) in [6.45, 7) is 2.26. The van der Waals surface area contributed by atoms with E-state index < -0.39 is 9.85 Å². The molecular weight excluding hydrogens is 410 g/mol. The summed E-state index contributed by atoms with van der Waals surface area (Å²) in [5.74, 6) is 1.58. The number of nitrogens with one attached hydrogen (secondary N) is 2. The summed E-state index contributed by atoms with van der Waals surface area (Å²) < 4.78 is 0. The molecule has 1 aromatic carbocycles. The van der Waals surface area contributed by atoms with Crippen LogP contribution in [0.25, 0.3) is 11.0 Å². The van der Waals surface area contributed by atoms with Crippen LogP contribution >= 0.6 is 11.8 Å². The smallest absolute Gasteiger partial charge is 0.311 e. The Kier molecular flexibility index (Phi) is 5.65. The highest BCUT2D eigenvalue weighted by Crippen LogP contribution is 2.28. The van der Waals surface area contributed by atoms with Crippen LogP contribution < -0.4 is 10.2 Å². The minimum absolute atomic E-state index is 0.000588. The molecule has 1 aliphatic heterocycles. The molecule has 0 saturated carbocycles. The van der Waals surface area contributed by atoms with Gasteiger partial charge in [0.05, 0.1) is 20.9 Å². The van der Waals surface area contributed by atoms with Crippen molar-refractivity contribution in [1.29, 1.82) is 0 Å². The Morgan fingerprint density at radius 3 is 2.63 bits per heavy atom. The van der Waals surface area contributed by atoms with Gasteiger partial charge in [-0.15, -0.1) is 0 Å². The monoisotopic (exact) mass is 429 g/mol. The average Bonchev–Trinajstić information content (AvgIpc) is 3.39. The van der Waals surface area contributed by atoms with Crippen molar-refractivity contribution < 1.29 is 9.85 Å². The van der Waals surface area contributed by atoms with Crippen molar-refractivity contribution in [2.24, 2.45) is 0 Å². The van der Waals surface area contributed by atoms with Gasteiger partial charge in [0.1, 0.15) is 5.82 Å². The zero-order valence-electron chi connectivity index (χ0n) is 15.9. The van der Waals surface area contributed by atoms with E-state index in [0.29, 0.717) is 28.5 Å². The number of aromatic nitrogens is 3. The first-order valence-electron chi connectivity index (χ1n) is 9.42. The summed E-state index contributed by atoms with van der Waals surface area (Å²) >= 11 is 1.42. The molecule has 156 valence electrons. The highest BCUT2D eigenvalue weighted by atomic mass is 32.2. The molecule has 0 bridgehead atoms. The van der Waals surface area contributed by atoms with Gasteiger partial charge in [-0.25, -0.2) is 9.97 Å². The number of nitrogens with zero attached hydrogens (tertiary/aromatic N) is 5. The number of rotatable bonds is 8. The van der Waals surface area contributed by atoms with E-state index in [-0.39, 0.29) is 17.2 Å². The number of H-pyrrole nitrogens is 1. The van der Waals surface area contributed by atoms with Gasteiger partial charge in [0, 0.05) is 43.6 Å². The third-order valence-corrected chi connectivity index (χ3v) is 5.65. The van der Waals surface area contributed by atoms with Crippen molar-refractivity contribution in [3.05, 3.63) is 50.6 Å². The Morgan fingerprint density at radius 2 is 1.90 bits per heavy atom. The Balaban J connectivity index is 1.40. The fourth-order valence-electron chi connectivity index (χ4n) is 3.31. The van der Waals surface area contributed by atoms with Crippen LogP contribution in [-0.2, 0) is 0 Å². The lowest BCUT2D eigenvalue weighted by Gasteiger charge is -2.17. The predicted molar refractivity (Wildman–Crippen MR) is 114 cm³/mol. The molecule has 0 radical (unpaired) electrons. The van der Waals surface area contributed by atoms with Crippen molar-refractivity contribution >= 4 is 45.8 Å². The molecule has 11 nitrogen and oxygen atoms in total. The van der Waals surface area contributed by atoms with Crippen LogP contribution in [0.15, 0.2) is 35.5 Å². The van der Waals surface area contributed by atoms with Gasteiger partial charge >= 0.3 is 5.69 Å². The fraction of sp³-hybridized carbons (Fsp3) is 0.333. The maximum absolute atomic E-state index is 11.3. The molecule has 2 N–H and O–H groups in total. The van der Waals surface area contributed by atoms with E-state index in [4.69, 9.17) is 0 Å². The third kappa shape index (κ3) is 4.27. The minimum atomic E-state index is -0.451. The highest BCUT2D eigenvalue weighted by molar-refractivity contribution is 7.99. The Bertz CT molecular complexity index is 1100. The molecule has 2 aromatic heterocycles. The van der Waals surface area contributed by atoms with Crippen LogP contribution in [0.2, 0.25) is 0 Å². The first-order chi connectivity index (χ1) is 14.5. The fourth-order valence-corrected chi connectivity index (χ4v) is 4.06. The number of hydrogen-bond donors (Lipinski definition) is 2. The number of benzene rings is 1. The van der Waals surface area contributed by atoms with Gasteiger partial charge in [-0.05, 0) is 25.0 Å². The standard InChI is InChI=1S/C18H19N7O4S/c26-24(27)12-3-4-13-14(11-12)21-18(20-13)30-10-7-19-17-15(25(28)29)5-6-16(22-17)23-8-1-2-9-23/h3-6,11H,1-2,7-10H2,(H,19,22)(H,20,21). The number of anilines is 2. The third-order valence-electron chi connectivity index (χ3n) is 4.77. The second kappa shape index (κ2) is 8.53. The van der Waals surface area contributed by atoms with Gasteiger partial charge in [0.25, 0.3) is 5.69 Å². The van der Waals surface area contributed by atoms with Crippen LogP contribution in [0, 0.1) is 20.2 Å². The van der Waals surface area contributed by atoms with Crippen molar-refractivity contribution in [2.45, 2.75) is 18.0 Å². The largest absolute Gasteiger partial charge is 0.363 e. The zero-order valence-corrected chi connectivity index (χ0v) is 16.7. The van der Waals surface area contributed by atoms with E-state index in [1.165, 1.54) is 30.0 Å². The van der Waals surface area contributed by atoms with Crippen molar-refractivity contribution in [3.8, 4) is 0 Å². The molecular formula is C18H19N7O4S. The van der Waals surface area contributed by atoms with Gasteiger partial charge in [-0.2, -0.15) is 0 Å². The van der Waals surface area contributed by atoms with Gasteiger partial charge in [0.15, 0.2) is 5.16 Å². The maximum atomic E-state index is 11.3. The lowest BCUT2D eigenvalue weighted by molar-refractivity contribution is -0.384. The van der Waals surface area contributed by atoms with Gasteiger partial charge in [-0.3, -0.25) is 20.2 Å².